The lowest BCUT2D eigenvalue weighted by Crippen LogP contribution is -2.50. The van der Waals surface area contributed by atoms with E-state index in [1.54, 1.807) is 0 Å². The minimum atomic E-state index is -3.66. The van der Waals surface area contributed by atoms with E-state index in [1.165, 1.54) is 6.33 Å². The van der Waals surface area contributed by atoms with Gasteiger partial charge in [-0.3, -0.25) is 9.52 Å². The van der Waals surface area contributed by atoms with Crippen molar-refractivity contribution in [3.8, 4) is 0 Å². The van der Waals surface area contributed by atoms with Crippen LogP contribution in [0.25, 0.3) is 0 Å². The maximum absolute atomic E-state index is 14.7. The molecule has 4 rings (SSSR count). The van der Waals surface area contributed by atoms with E-state index in [2.05, 4.69) is 35.7 Å². The Kier molecular flexibility index (Phi) is 7.24. The summed E-state index contributed by atoms with van der Waals surface area (Å²) >= 11 is 0. The molecule has 11 nitrogen and oxygen atoms in total. The van der Waals surface area contributed by atoms with Crippen LogP contribution in [-0.2, 0) is 13.8 Å². The summed E-state index contributed by atoms with van der Waals surface area (Å²) in [5.41, 5.74) is 6.72. The third kappa shape index (κ3) is 5.90. The molecule has 0 aliphatic carbocycles. The molecule has 1 aromatic heterocycles. The molecule has 1 aromatic rings. The second-order valence-corrected chi connectivity index (χ2v) is 14.1. The monoisotopic (exact) mass is 520 g/mol. The molecule has 2 N–H and O–H groups in total. The Morgan fingerprint density at radius 2 is 1.81 bits per heavy atom. The quantitative estimate of drug-likeness (QED) is 0.581. The number of anilines is 1. The van der Waals surface area contributed by atoms with Gasteiger partial charge in [-0.1, -0.05) is 20.8 Å². The van der Waals surface area contributed by atoms with E-state index in [-0.39, 0.29) is 23.5 Å². The zero-order chi connectivity index (χ0) is 26.5. The van der Waals surface area contributed by atoms with E-state index in [0.29, 0.717) is 30.6 Å². The van der Waals surface area contributed by atoms with Crippen molar-refractivity contribution in [2.24, 2.45) is 15.2 Å². The number of hydrogen-bond acceptors (Lipinski definition) is 7. The molecule has 2 unspecified atom stereocenters. The highest BCUT2D eigenvalue weighted by Gasteiger charge is 2.46. The number of fused-ring (bicyclic) bond motifs is 1. The lowest BCUT2D eigenvalue weighted by Gasteiger charge is -2.43. The Morgan fingerprint density at radius 3 is 2.42 bits per heavy atom. The van der Waals surface area contributed by atoms with Gasteiger partial charge in [0, 0.05) is 46.5 Å². The summed E-state index contributed by atoms with van der Waals surface area (Å²) in [6.45, 7) is 14.7. The molecule has 3 aliphatic rings. The molecule has 3 aliphatic heterocycles. The predicted octanol–water partition coefficient (Wildman–Crippen LogP) is 3.52. The van der Waals surface area contributed by atoms with Gasteiger partial charge in [-0.05, 0) is 32.6 Å². The zero-order valence-electron chi connectivity index (χ0n) is 22.8. The van der Waals surface area contributed by atoms with Crippen LogP contribution >= 0.6 is 7.67 Å². The summed E-state index contributed by atoms with van der Waals surface area (Å²) in [5, 5.41) is 0. The third-order valence-corrected chi connectivity index (χ3v) is 8.65. The standard InChI is InChI=1S/C24H41N8O3P/c1-23(2,3)11-16-13-32(14-18(34-16)17-12-26-20-19(17)27-15-28-21(20)25)36(33,35-24(4,5)6)29-22-30(7)9-10-31(22)8/h12,15-18H,9-11,13-14H2,1-8H3,(H2,25,27,28)/t16-,17?,18-,36?/m1/s1. The molecule has 0 amide bonds. The molecule has 4 atom stereocenters. The van der Waals surface area contributed by atoms with Crippen molar-refractivity contribution in [3.63, 3.8) is 0 Å². The van der Waals surface area contributed by atoms with Crippen molar-refractivity contribution in [1.29, 1.82) is 0 Å². The van der Waals surface area contributed by atoms with E-state index in [9.17, 15) is 4.57 Å². The molecular formula is C24H41N8O3P. The molecule has 0 aromatic carbocycles. The first-order valence-electron chi connectivity index (χ1n) is 12.5. The molecule has 0 radical (unpaired) electrons. The maximum atomic E-state index is 14.7. The lowest BCUT2D eigenvalue weighted by molar-refractivity contribution is -0.0847. The van der Waals surface area contributed by atoms with Crippen LogP contribution in [-0.4, -0.2) is 94.7 Å². The number of guanidine groups is 1. The summed E-state index contributed by atoms with van der Waals surface area (Å²) in [5.74, 6) is 0.785. The van der Waals surface area contributed by atoms with Crippen molar-refractivity contribution < 1.29 is 13.8 Å². The van der Waals surface area contributed by atoms with E-state index in [4.69, 9.17) is 19.8 Å². The fraction of sp³-hybridized carbons (Fsp3) is 0.750. The van der Waals surface area contributed by atoms with E-state index in [0.717, 1.165) is 25.2 Å². The highest BCUT2D eigenvalue weighted by atomic mass is 31.2. The van der Waals surface area contributed by atoms with Gasteiger partial charge in [0.25, 0.3) is 0 Å². The van der Waals surface area contributed by atoms with E-state index in [1.807, 2.05) is 55.6 Å². The molecule has 0 spiro atoms. The van der Waals surface area contributed by atoms with Crippen LogP contribution in [0.2, 0.25) is 0 Å². The van der Waals surface area contributed by atoms with Crippen LogP contribution in [0.3, 0.4) is 0 Å². The first-order chi connectivity index (χ1) is 16.7. The molecule has 0 saturated carbocycles. The second-order valence-electron chi connectivity index (χ2n) is 12.2. The Balaban J connectivity index is 1.73. The second kappa shape index (κ2) is 9.67. The predicted molar refractivity (Wildman–Crippen MR) is 143 cm³/mol. The van der Waals surface area contributed by atoms with Gasteiger partial charge in [0.15, 0.2) is 5.82 Å². The Bertz CT molecular complexity index is 1070. The molecular weight excluding hydrogens is 479 g/mol. The van der Waals surface area contributed by atoms with Gasteiger partial charge < -0.3 is 20.3 Å². The minimum Gasteiger partial charge on any atom is -0.382 e. The number of likely N-dealkylation sites (N-methyl/N-ethyl adjacent to an activating group) is 2. The first kappa shape index (κ1) is 27.0. The third-order valence-electron chi connectivity index (χ3n) is 6.39. The van der Waals surface area contributed by atoms with Crippen molar-refractivity contribution in [3.05, 3.63) is 12.0 Å². The fourth-order valence-corrected chi connectivity index (χ4v) is 7.17. The van der Waals surface area contributed by atoms with Crippen molar-refractivity contribution in [1.82, 2.24) is 24.4 Å². The van der Waals surface area contributed by atoms with Gasteiger partial charge in [-0.2, -0.15) is 4.76 Å². The number of ether oxygens (including phenoxy) is 1. The van der Waals surface area contributed by atoms with E-state index < -0.39 is 13.3 Å². The normalized spacial score (nSPS) is 26.9. The number of hydrogen-bond donors (Lipinski definition) is 1. The highest BCUT2D eigenvalue weighted by molar-refractivity contribution is 7.55. The molecule has 2 fully saturated rings. The number of nitrogens with zero attached hydrogens (tertiary/aromatic N) is 7. The average molecular weight is 521 g/mol. The Hall–Kier alpha value is -2.07. The van der Waals surface area contributed by atoms with Gasteiger partial charge in [-0.15, -0.1) is 0 Å². The number of morpholine rings is 1. The molecule has 2 saturated heterocycles. The number of rotatable bonds is 5. The first-order valence-corrected chi connectivity index (χ1v) is 14.1. The van der Waals surface area contributed by atoms with Crippen LogP contribution in [0.4, 0.5) is 11.5 Å². The zero-order valence-corrected chi connectivity index (χ0v) is 23.7. The Morgan fingerprint density at radius 1 is 1.14 bits per heavy atom. The molecule has 36 heavy (non-hydrogen) atoms. The summed E-state index contributed by atoms with van der Waals surface area (Å²) in [6, 6.07) is 0. The highest BCUT2D eigenvalue weighted by Crippen LogP contribution is 2.57. The average Bonchev–Trinajstić information content (AvgIpc) is 3.31. The van der Waals surface area contributed by atoms with Crippen LogP contribution in [0.15, 0.2) is 16.1 Å². The maximum Gasteiger partial charge on any atom is 0.393 e. The Labute approximate surface area is 214 Å². The van der Waals surface area contributed by atoms with Crippen LogP contribution in [0, 0.1) is 5.41 Å². The lowest BCUT2D eigenvalue weighted by atomic mass is 9.88. The number of nitrogens with two attached hydrogens (primary N) is 1. The van der Waals surface area contributed by atoms with E-state index >= 15 is 0 Å². The largest absolute Gasteiger partial charge is 0.393 e. The SMILES string of the molecule is CN1CCN(C)C1=NP(=O)(OC(C)(C)C)N1C[C@@H](CC(C)(C)C)O[C@@H](C2C=Nc3c(N)ncnc32)C1. The van der Waals surface area contributed by atoms with Gasteiger partial charge in [0.05, 0.1) is 29.4 Å². The van der Waals surface area contributed by atoms with Crippen molar-refractivity contribution >= 4 is 31.3 Å². The van der Waals surface area contributed by atoms with Crippen LogP contribution < -0.4 is 5.73 Å². The smallest absolute Gasteiger partial charge is 0.382 e. The molecule has 200 valence electrons. The van der Waals surface area contributed by atoms with Crippen LogP contribution in [0.1, 0.15) is 59.6 Å². The van der Waals surface area contributed by atoms with Gasteiger partial charge in [0.2, 0.25) is 5.96 Å². The van der Waals surface area contributed by atoms with Crippen LogP contribution in [0.5, 0.6) is 0 Å². The summed E-state index contributed by atoms with van der Waals surface area (Å²) in [4.78, 5) is 17.1. The molecule has 12 heteroatoms. The summed E-state index contributed by atoms with van der Waals surface area (Å²) < 4.78 is 34.4. The van der Waals surface area contributed by atoms with Gasteiger partial charge in [0.1, 0.15) is 12.0 Å². The summed E-state index contributed by atoms with van der Waals surface area (Å²) in [7, 11) is 0.267. The number of aromatic nitrogens is 2. The number of aliphatic imine (C=N–C) groups is 1. The fourth-order valence-electron chi connectivity index (χ4n) is 4.89. The number of nitrogen functional groups attached to an aromatic ring is 1. The topological polar surface area (TPSA) is 122 Å². The van der Waals surface area contributed by atoms with Crippen molar-refractivity contribution in [2.45, 2.75) is 71.7 Å². The van der Waals surface area contributed by atoms with Gasteiger partial charge in [-0.25, -0.2) is 19.2 Å². The molecule has 0 bridgehead atoms. The van der Waals surface area contributed by atoms with Crippen molar-refractivity contribution in [2.75, 3.05) is 46.0 Å². The summed E-state index contributed by atoms with van der Waals surface area (Å²) in [6.07, 6.45) is 3.54. The minimum absolute atomic E-state index is 0.0130. The van der Waals surface area contributed by atoms with Gasteiger partial charge >= 0.3 is 7.67 Å². The molecule has 4 heterocycles.